The lowest BCUT2D eigenvalue weighted by Crippen LogP contribution is -2.51. The molecule has 3 rings (SSSR count). The van der Waals surface area contributed by atoms with E-state index in [1.807, 2.05) is 7.11 Å². The number of hydrogen-bond acceptors (Lipinski definition) is 3. The van der Waals surface area contributed by atoms with Crippen LogP contribution in [0.4, 0.5) is 0 Å². The summed E-state index contributed by atoms with van der Waals surface area (Å²) in [6.07, 6.45) is 7.91. The Morgan fingerprint density at radius 3 is 2.81 bits per heavy atom. The fourth-order valence-electron chi connectivity index (χ4n) is 3.99. The second-order valence-corrected chi connectivity index (χ2v) is 6.48. The first-order chi connectivity index (χ1) is 10.2. The van der Waals surface area contributed by atoms with Crippen LogP contribution in [0.2, 0.25) is 0 Å². The van der Waals surface area contributed by atoms with E-state index in [1.165, 1.54) is 30.4 Å². The summed E-state index contributed by atoms with van der Waals surface area (Å²) in [7, 11) is 1.82. The first-order valence-electron chi connectivity index (χ1n) is 8.25. The number of nitrogens with two attached hydrogens (primary N) is 1. The van der Waals surface area contributed by atoms with Gasteiger partial charge in [-0.15, -0.1) is 0 Å². The van der Waals surface area contributed by atoms with E-state index >= 15 is 0 Å². The van der Waals surface area contributed by atoms with Gasteiger partial charge < -0.3 is 15.2 Å². The third-order valence-corrected chi connectivity index (χ3v) is 5.34. The van der Waals surface area contributed by atoms with Crippen molar-refractivity contribution in [1.29, 1.82) is 0 Å². The first-order valence-corrected chi connectivity index (χ1v) is 8.25. The Hall–Kier alpha value is -0.900. The number of methoxy groups -OCH3 is 1. The monoisotopic (exact) mass is 289 g/mol. The van der Waals surface area contributed by atoms with Gasteiger partial charge in [0.1, 0.15) is 0 Å². The highest BCUT2D eigenvalue weighted by Crippen LogP contribution is 2.38. The van der Waals surface area contributed by atoms with Crippen LogP contribution in [0.25, 0.3) is 0 Å². The summed E-state index contributed by atoms with van der Waals surface area (Å²) in [5.74, 6) is 0. The fourth-order valence-corrected chi connectivity index (χ4v) is 3.99. The standard InChI is InChI=1S/C18H27NO2/c1-20-18(10-5-2-6-11-18)17(19)13-16-15-8-4-3-7-14(15)9-12-21-16/h3-4,7-8,16-17H,2,5-6,9-13,19H2,1H3. The molecule has 1 heterocycles. The summed E-state index contributed by atoms with van der Waals surface area (Å²) in [5, 5.41) is 0. The molecule has 2 aliphatic rings. The molecule has 1 aliphatic heterocycles. The van der Waals surface area contributed by atoms with Crippen molar-refractivity contribution in [3.8, 4) is 0 Å². The third kappa shape index (κ3) is 3.01. The lowest BCUT2D eigenvalue weighted by molar-refractivity contribution is -0.0746. The summed E-state index contributed by atoms with van der Waals surface area (Å²) < 4.78 is 11.9. The van der Waals surface area contributed by atoms with Crippen LogP contribution in [0.3, 0.4) is 0 Å². The molecule has 1 saturated carbocycles. The van der Waals surface area contributed by atoms with Crippen molar-refractivity contribution in [1.82, 2.24) is 0 Å². The van der Waals surface area contributed by atoms with Gasteiger partial charge in [-0.25, -0.2) is 0 Å². The second kappa shape index (κ2) is 6.47. The quantitative estimate of drug-likeness (QED) is 0.924. The molecule has 3 nitrogen and oxygen atoms in total. The third-order valence-electron chi connectivity index (χ3n) is 5.34. The Labute approximate surface area is 127 Å². The molecule has 0 spiro atoms. The van der Waals surface area contributed by atoms with Gasteiger partial charge in [-0.2, -0.15) is 0 Å². The van der Waals surface area contributed by atoms with Crippen molar-refractivity contribution in [2.24, 2.45) is 5.73 Å². The zero-order chi connectivity index (χ0) is 14.7. The van der Waals surface area contributed by atoms with Crippen molar-refractivity contribution in [3.63, 3.8) is 0 Å². The molecule has 0 amide bonds. The smallest absolute Gasteiger partial charge is 0.0843 e. The average Bonchev–Trinajstić information content (AvgIpc) is 2.56. The van der Waals surface area contributed by atoms with E-state index in [-0.39, 0.29) is 17.7 Å². The molecule has 21 heavy (non-hydrogen) atoms. The zero-order valence-electron chi connectivity index (χ0n) is 13.0. The lowest BCUT2D eigenvalue weighted by atomic mass is 9.77. The molecule has 2 N–H and O–H groups in total. The predicted molar refractivity (Wildman–Crippen MR) is 84.3 cm³/mol. The van der Waals surface area contributed by atoms with E-state index in [1.54, 1.807) is 0 Å². The van der Waals surface area contributed by atoms with Gasteiger partial charge >= 0.3 is 0 Å². The summed E-state index contributed by atoms with van der Waals surface area (Å²) >= 11 is 0. The van der Waals surface area contributed by atoms with Gasteiger partial charge in [-0.1, -0.05) is 43.5 Å². The maximum absolute atomic E-state index is 6.58. The molecule has 2 unspecified atom stereocenters. The molecule has 1 aliphatic carbocycles. The van der Waals surface area contributed by atoms with Crippen molar-refractivity contribution in [2.75, 3.05) is 13.7 Å². The molecular weight excluding hydrogens is 262 g/mol. The molecule has 0 saturated heterocycles. The Morgan fingerprint density at radius 2 is 2.05 bits per heavy atom. The molecule has 1 aromatic carbocycles. The van der Waals surface area contributed by atoms with Gasteiger partial charge in [-0.05, 0) is 36.8 Å². The summed E-state index contributed by atoms with van der Waals surface area (Å²) in [5.41, 5.74) is 9.17. The maximum atomic E-state index is 6.58. The molecular formula is C18H27NO2. The van der Waals surface area contributed by atoms with Crippen LogP contribution in [0.15, 0.2) is 24.3 Å². The van der Waals surface area contributed by atoms with Gasteiger partial charge in [0.05, 0.1) is 18.3 Å². The van der Waals surface area contributed by atoms with Crippen molar-refractivity contribution in [2.45, 2.75) is 62.7 Å². The lowest BCUT2D eigenvalue weighted by Gasteiger charge is -2.42. The van der Waals surface area contributed by atoms with E-state index in [4.69, 9.17) is 15.2 Å². The molecule has 0 bridgehead atoms. The number of fused-ring (bicyclic) bond motifs is 1. The van der Waals surface area contributed by atoms with Crippen molar-refractivity contribution >= 4 is 0 Å². The predicted octanol–water partition coefficient (Wildman–Crippen LogP) is 3.37. The van der Waals surface area contributed by atoms with E-state index in [9.17, 15) is 0 Å². The van der Waals surface area contributed by atoms with Crippen molar-refractivity contribution in [3.05, 3.63) is 35.4 Å². The highest BCUT2D eigenvalue weighted by molar-refractivity contribution is 5.31. The number of benzene rings is 1. The minimum absolute atomic E-state index is 0.0407. The molecule has 0 aromatic heterocycles. The zero-order valence-corrected chi connectivity index (χ0v) is 13.0. The largest absolute Gasteiger partial charge is 0.377 e. The van der Waals surface area contributed by atoms with Crippen LogP contribution in [0.5, 0.6) is 0 Å². The first kappa shape index (κ1) is 15.0. The van der Waals surface area contributed by atoms with E-state index < -0.39 is 0 Å². The number of ether oxygens (including phenoxy) is 2. The summed E-state index contributed by atoms with van der Waals surface area (Å²) in [6.45, 7) is 0.800. The Morgan fingerprint density at radius 1 is 1.29 bits per heavy atom. The fraction of sp³-hybridized carbons (Fsp3) is 0.667. The minimum Gasteiger partial charge on any atom is -0.377 e. The summed E-state index contributed by atoms with van der Waals surface area (Å²) in [6, 6.07) is 8.64. The van der Waals surface area contributed by atoms with Gasteiger partial charge in [0.25, 0.3) is 0 Å². The van der Waals surface area contributed by atoms with Crippen LogP contribution in [0, 0.1) is 0 Å². The van der Waals surface area contributed by atoms with Gasteiger partial charge in [0, 0.05) is 13.2 Å². The van der Waals surface area contributed by atoms with Crippen LogP contribution >= 0.6 is 0 Å². The normalized spacial score (nSPS) is 26.1. The maximum Gasteiger partial charge on any atom is 0.0843 e. The van der Waals surface area contributed by atoms with Crippen LogP contribution in [-0.4, -0.2) is 25.4 Å². The van der Waals surface area contributed by atoms with E-state index in [0.29, 0.717) is 0 Å². The van der Waals surface area contributed by atoms with E-state index in [0.717, 1.165) is 32.3 Å². The number of hydrogen-bond donors (Lipinski definition) is 1. The Balaban J connectivity index is 1.74. The SMILES string of the molecule is COC1(C(N)CC2OCCc3ccccc32)CCCCC1. The molecule has 1 aromatic rings. The summed E-state index contributed by atoms with van der Waals surface area (Å²) in [4.78, 5) is 0. The molecule has 116 valence electrons. The topological polar surface area (TPSA) is 44.5 Å². The molecule has 3 heteroatoms. The highest BCUT2D eigenvalue weighted by atomic mass is 16.5. The number of rotatable bonds is 4. The van der Waals surface area contributed by atoms with Crippen LogP contribution in [-0.2, 0) is 15.9 Å². The van der Waals surface area contributed by atoms with Crippen molar-refractivity contribution < 1.29 is 9.47 Å². The highest BCUT2D eigenvalue weighted by Gasteiger charge is 2.39. The minimum atomic E-state index is -0.145. The van der Waals surface area contributed by atoms with Crippen LogP contribution < -0.4 is 5.73 Å². The molecule has 2 atom stereocenters. The Kier molecular flexibility index (Phi) is 4.63. The Bertz CT molecular complexity index is 468. The average molecular weight is 289 g/mol. The second-order valence-electron chi connectivity index (χ2n) is 6.48. The molecule has 1 fully saturated rings. The van der Waals surface area contributed by atoms with Gasteiger partial charge in [0.15, 0.2) is 0 Å². The van der Waals surface area contributed by atoms with Gasteiger partial charge in [-0.3, -0.25) is 0 Å². The van der Waals surface area contributed by atoms with E-state index in [2.05, 4.69) is 24.3 Å². The van der Waals surface area contributed by atoms with Crippen LogP contribution in [0.1, 0.15) is 55.8 Å². The van der Waals surface area contributed by atoms with Gasteiger partial charge in [0.2, 0.25) is 0 Å². The molecule has 0 radical (unpaired) electrons.